The maximum atomic E-state index is 11.6. The van der Waals surface area contributed by atoms with Crippen LogP contribution in [0.1, 0.15) is 88.2 Å². The molecule has 8 nitrogen and oxygen atoms in total. The quantitative estimate of drug-likeness (QED) is 0.490. The van der Waals surface area contributed by atoms with E-state index in [0.29, 0.717) is 36.6 Å². The molecule has 0 spiro atoms. The molecular weight excluding hydrogens is 440 g/mol. The first-order valence-corrected chi connectivity index (χ1v) is 10.8. The van der Waals surface area contributed by atoms with E-state index in [1.807, 2.05) is 39.0 Å². The highest BCUT2D eigenvalue weighted by atomic mass is 35.5. The van der Waals surface area contributed by atoms with E-state index >= 15 is 0 Å². The summed E-state index contributed by atoms with van der Waals surface area (Å²) < 4.78 is 5.20. The lowest BCUT2D eigenvalue weighted by atomic mass is 10.1. The zero-order chi connectivity index (χ0) is 22.6. The highest BCUT2D eigenvalue weighted by Gasteiger charge is 2.28. The largest absolute Gasteiger partial charge is 0.444 e. The van der Waals surface area contributed by atoms with Crippen LogP contribution in [-0.4, -0.2) is 21.7 Å². The van der Waals surface area contributed by atoms with Crippen molar-refractivity contribution in [1.82, 2.24) is 15.3 Å². The molecule has 2 aliphatic carbocycles. The van der Waals surface area contributed by atoms with Crippen molar-refractivity contribution in [2.45, 2.75) is 84.4 Å². The van der Waals surface area contributed by atoms with Gasteiger partial charge in [-0.05, 0) is 69.7 Å². The smallest absolute Gasteiger partial charge is 0.407 e. The van der Waals surface area contributed by atoms with Crippen molar-refractivity contribution in [2.24, 2.45) is 5.73 Å². The molecule has 1 amide bonds. The number of pyridine rings is 2. The summed E-state index contributed by atoms with van der Waals surface area (Å²) in [7, 11) is 0. The number of amides is 1. The maximum absolute atomic E-state index is 11.6. The summed E-state index contributed by atoms with van der Waals surface area (Å²) >= 11 is 0. The average Bonchev–Trinajstić information content (AvgIpc) is 3.59. The maximum Gasteiger partial charge on any atom is 0.407 e. The second kappa shape index (κ2) is 12.0. The normalized spacial score (nSPS) is 14.7. The van der Waals surface area contributed by atoms with E-state index < -0.39 is 11.7 Å². The van der Waals surface area contributed by atoms with Gasteiger partial charge in [-0.15, -0.1) is 12.4 Å². The number of nitrogens with two attached hydrogens (primary N) is 3. The number of nitrogens with one attached hydrogen (secondary N) is 1. The van der Waals surface area contributed by atoms with E-state index in [1.54, 1.807) is 6.07 Å². The molecule has 2 saturated carbocycles. The van der Waals surface area contributed by atoms with Crippen LogP contribution in [0.4, 0.5) is 16.4 Å². The molecule has 2 aromatic heterocycles. The monoisotopic (exact) mass is 478 g/mol. The van der Waals surface area contributed by atoms with Crippen molar-refractivity contribution in [1.29, 1.82) is 0 Å². The molecule has 4 rings (SSSR count). The number of anilines is 2. The molecule has 0 saturated heterocycles. The van der Waals surface area contributed by atoms with Crippen LogP contribution in [0.25, 0.3) is 0 Å². The summed E-state index contributed by atoms with van der Waals surface area (Å²) in [6, 6.07) is 7.48. The van der Waals surface area contributed by atoms with E-state index in [2.05, 4.69) is 15.3 Å². The van der Waals surface area contributed by atoms with Gasteiger partial charge in [0.2, 0.25) is 0 Å². The topological polar surface area (TPSA) is 142 Å². The molecule has 184 valence electrons. The third kappa shape index (κ3) is 9.06. The summed E-state index contributed by atoms with van der Waals surface area (Å²) in [5.41, 5.74) is 20.7. The Morgan fingerprint density at radius 2 is 1.42 bits per heavy atom. The van der Waals surface area contributed by atoms with Gasteiger partial charge in [-0.1, -0.05) is 19.6 Å². The van der Waals surface area contributed by atoms with Gasteiger partial charge in [0.15, 0.2) is 0 Å². The van der Waals surface area contributed by atoms with Gasteiger partial charge in [0.05, 0.1) is 11.4 Å². The molecule has 0 aliphatic heterocycles. The first-order chi connectivity index (χ1) is 14.7. The number of alkyl carbamates (subject to hydrolysis) is 1. The molecule has 2 fully saturated rings. The third-order valence-corrected chi connectivity index (χ3v) is 5.04. The minimum atomic E-state index is -0.483. The number of carbonyl (C=O) groups is 1. The molecule has 33 heavy (non-hydrogen) atoms. The van der Waals surface area contributed by atoms with Gasteiger partial charge in [-0.3, -0.25) is 0 Å². The lowest BCUT2D eigenvalue weighted by Crippen LogP contribution is -2.32. The predicted octanol–water partition coefficient (Wildman–Crippen LogP) is 4.62. The summed E-state index contributed by atoms with van der Waals surface area (Å²) in [6.07, 6.45) is 4.37. The number of nitrogens with zero attached hydrogens (tertiary/aromatic N) is 2. The molecular formula is C24H39ClN6O2. The Balaban J connectivity index is 0.000000338. The van der Waals surface area contributed by atoms with Crippen molar-refractivity contribution in [3.05, 3.63) is 46.8 Å². The molecule has 2 aromatic rings. The second-order valence-electron chi connectivity index (χ2n) is 9.17. The van der Waals surface area contributed by atoms with Gasteiger partial charge in [0, 0.05) is 24.9 Å². The Morgan fingerprint density at radius 1 is 0.970 bits per heavy atom. The SMILES string of the molecule is C.CC(C)(C)OC(=O)NCc1ccc(N)nc1C1CC1.Cl.NCc1ccc(N)nc1C1CC1. The number of nitrogen functional groups attached to an aromatic ring is 2. The Bertz CT molecular complexity index is 924. The Hall–Kier alpha value is -2.58. The van der Waals surface area contributed by atoms with E-state index in [-0.39, 0.29) is 19.8 Å². The van der Waals surface area contributed by atoms with Crippen LogP contribution < -0.4 is 22.5 Å². The Morgan fingerprint density at radius 3 is 1.85 bits per heavy atom. The van der Waals surface area contributed by atoms with Crippen LogP contribution >= 0.6 is 12.4 Å². The Labute approximate surface area is 203 Å². The number of ether oxygens (including phenoxy) is 1. The molecule has 2 heterocycles. The molecule has 0 unspecified atom stereocenters. The van der Waals surface area contributed by atoms with Crippen LogP contribution in [0.5, 0.6) is 0 Å². The standard InChI is InChI=1S/C14H21N3O2.C9H13N3.CH4.ClH/c1-14(2,3)19-13(18)16-8-10-6-7-11(15)17-12(10)9-4-5-9;10-5-7-3-4-8(11)12-9(7)6-1-2-6;;/h6-7,9H,4-5,8H2,1-3H3,(H2,15,17)(H,16,18);3-4,6H,1-2,5,10H2,(H2,11,12);1H4;1H. The molecule has 9 heteroatoms. The van der Waals surface area contributed by atoms with Crippen LogP contribution in [0.15, 0.2) is 24.3 Å². The van der Waals surface area contributed by atoms with Crippen LogP contribution in [0.3, 0.4) is 0 Å². The van der Waals surface area contributed by atoms with Crippen molar-refractivity contribution in [2.75, 3.05) is 11.5 Å². The lowest BCUT2D eigenvalue weighted by Gasteiger charge is -2.20. The fraction of sp³-hybridized carbons (Fsp3) is 0.542. The first kappa shape index (κ1) is 28.5. The van der Waals surface area contributed by atoms with Gasteiger partial charge in [-0.25, -0.2) is 14.8 Å². The Kier molecular flexibility index (Phi) is 10.4. The van der Waals surface area contributed by atoms with E-state index in [1.165, 1.54) is 12.8 Å². The highest BCUT2D eigenvalue weighted by Crippen LogP contribution is 2.41. The molecule has 0 bridgehead atoms. The van der Waals surface area contributed by atoms with Gasteiger partial charge >= 0.3 is 6.09 Å². The third-order valence-electron chi connectivity index (χ3n) is 5.04. The number of aromatic nitrogens is 2. The summed E-state index contributed by atoms with van der Waals surface area (Å²) in [4.78, 5) is 20.3. The minimum absolute atomic E-state index is 0. The van der Waals surface area contributed by atoms with Crippen molar-refractivity contribution >= 4 is 30.1 Å². The van der Waals surface area contributed by atoms with Crippen LogP contribution in [-0.2, 0) is 17.8 Å². The summed E-state index contributed by atoms with van der Waals surface area (Å²) in [5, 5.41) is 2.76. The number of rotatable bonds is 5. The minimum Gasteiger partial charge on any atom is -0.444 e. The van der Waals surface area contributed by atoms with Gasteiger partial charge < -0.3 is 27.3 Å². The molecule has 0 radical (unpaired) electrons. The van der Waals surface area contributed by atoms with Gasteiger partial charge in [-0.2, -0.15) is 0 Å². The van der Waals surface area contributed by atoms with Crippen LogP contribution in [0.2, 0.25) is 0 Å². The fourth-order valence-electron chi connectivity index (χ4n) is 3.26. The predicted molar refractivity (Wildman–Crippen MR) is 136 cm³/mol. The number of carbonyl (C=O) groups excluding carboxylic acids is 1. The zero-order valence-corrected chi connectivity index (χ0v) is 19.9. The first-order valence-electron chi connectivity index (χ1n) is 10.8. The second-order valence-corrected chi connectivity index (χ2v) is 9.17. The summed E-state index contributed by atoms with van der Waals surface area (Å²) in [5.74, 6) is 2.27. The highest BCUT2D eigenvalue weighted by molar-refractivity contribution is 5.85. The van der Waals surface area contributed by atoms with Crippen molar-refractivity contribution in [3.8, 4) is 0 Å². The van der Waals surface area contributed by atoms with Crippen molar-refractivity contribution in [3.63, 3.8) is 0 Å². The van der Waals surface area contributed by atoms with Crippen LogP contribution in [0, 0.1) is 0 Å². The van der Waals surface area contributed by atoms with E-state index in [4.69, 9.17) is 21.9 Å². The van der Waals surface area contributed by atoms with E-state index in [9.17, 15) is 4.79 Å². The molecule has 7 N–H and O–H groups in total. The lowest BCUT2D eigenvalue weighted by molar-refractivity contribution is 0.0523. The number of hydrogen-bond acceptors (Lipinski definition) is 7. The fourth-order valence-corrected chi connectivity index (χ4v) is 3.26. The molecule has 0 atom stereocenters. The molecule has 2 aliphatic rings. The summed E-state index contributed by atoms with van der Waals surface area (Å²) in [6.45, 7) is 6.51. The van der Waals surface area contributed by atoms with Gasteiger partial charge in [0.1, 0.15) is 17.2 Å². The van der Waals surface area contributed by atoms with Gasteiger partial charge in [0.25, 0.3) is 0 Å². The molecule has 0 aromatic carbocycles. The van der Waals surface area contributed by atoms with E-state index in [0.717, 1.165) is 35.4 Å². The number of hydrogen-bond donors (Lipinski definition) is 4. The average molecular weight is 479 g/mol. The van der Waals surface area contributed by atoms with Crippen molar-refractivity contribution < 1.29 is 9.53 Å². The zero-order valence-electron chi connectivity index (χ0n) is 19.1. The number of halogens is 1.